The van der Waals surface area contributed by atoms with E-state index in [4.69, 9.17) is 0 Å². The summed E-state index contributed by atoms with van der Waals surface area (Å²) in [5.41, 5.74) is 0.0997. The summed E-state index contributed by atoms with van der Waals surface area (Å²) in [6.45, 7) is 5.49. The van der Waals surface area contributed by atoms with Crippen molar-refractivity contribution in [3.63, 3.8) is 0 Å². The molecule has 0 spiro atoms. The monoisotopic (exact) mass is 254 g/mol. The molecule has 94 valence electrons. The fraction of sp³-hybridized carbons (Fsp3) is 0.538. The second kappa shape index (κ2) is 3.82. The Hall–Kier alpha value is -0.870. The van der Waals surface area contributed by atoms with Crippen LogP contribution in [0.1, 0.15) is 32.3 Å². The molecule has 17 heavy (non-hydrogen) atoms. The molecule has 0 amide bonds. The number of aliphatic hydroxyl groups excluding tert-OH is 1. The predicted molar refractivity (Wildman–Crippen MR) is 66.7 cm³/mol. The molecule has 1 N–H and O–H groups in total. The summed E-state index contributed by atoms with van der Waals surface area (Å²) in [5.74, 6) is -0.179. The lowest BCUT2D eigenvalue weighted by Gasteiger charge is -2.31. The Morgan fingerprint density at radius 3 is 2.53 bits per heavy atom. The van der Waals surface area contributed by atoms with E-state index in [1.165, 1.54) is 0 Å². The van der Waals surface area contributed by atoms with Crippen molar-refractivity contribution in [2.75, 3.05) is 5.75 Å². The maximum atomic E-state index is 12.3. The van der Waals surface area contributed by atoms with Gasteiger partial charge in [-0.1, -0.05) is 39.0 Å². The average Bonchev–Trinajstić information content (AvgIpc) is 2.29. The van der Waals surface area contributed by atoms with E-state index in [1.807, 2.05) is 13.0 Å². The lowest BCUT2D eigenvalue weighted by atomic mass is 9.79. The number of fused-ring (bicyclic) bond motifs is 1. The van der Waals surface area contributed by atoms with Gasteiger partial charge in [-0.2, -0.15) is 0 Å². The molecule has 0 saturated carbocycles. The largest absolute Gasteiger partial charge is 0.392 e. The molecule has 0 aliphatic carbocycles. The standard InChI is InChI=1S/C13H18O3S/c1-9-10-6-4-5-7-11(10)17(15,16)8-13(2,3)12(9)14/h4-7,9,12,14H,8H2,1-3H3/t9?,12-/m1/s1. The molecular weight excluding hydrogens is 236 g/mol. The highest BCUT2D eigenvalue weighted by Gasteiger charge is 2.42. The van der Waals surface area contributed by atoms with Crippen LogP contribution in [-0.2, 0) is 9.84 Å². The lowest BCUT2D eigenvalue weighted by Crippen LogP contribution is -2.36. The van der Waals surface area contributed by atoms with Gasteiger partial charge >= 0.3 is 0 Å². The first-order chi connectivity index (χ1) is 7.76. The van der Waals surface area contributed by atoms with Crippen molar-refractivity contribution in [3.8, 4) is 0 Å². The average molecular weight is 254 g/mol. The molecular formula is C13H18O3S. The van der Waals surface area contributed by atoms with E-state index in [2.05, 4.69) is 0 Å². The van der Waals surface area contributed by atoms with E-state index >= 15 is 0 Å². The predicted octanol–water partition coefficient (Wildman–Crippen LogP) is 1.96. The van der Waals surface area contributed by atoms with Crippen molar-refractivity contribution in [1.29, 1.82) is 0 Å². The van der Waals surface area contributed by atoms with E-state index in [0.29, 0.717) is 4.90 Å². The third kappa shape index (κ3) is 2.00. The fourth-order valence-electron chi connectivity index (χ4n) is 2.64. The third-order valence-electron chi connectivity index (χ3n) is 3.58. The first-order valence-corrected chi connectivity index (χ1v) is 7.41. The molecule has 0 aromatic heterocycles. The molecule has 1 aromatic carbocycles. The zero-order chi connectivity index (χ0) is 12.8. The Balaban J connectivity index is 2.70. The fourth-order valence-corrected chi connectivity index (χ4v) is 4.84. The molecule has 4 heteroatoms. The number of hydrogen-bond donors (Lipinski definition) is 1. The van der Waals surface area contributed by atoms with Crippen LogP contribution in [-0.4, -0.2) is 25.4 Å². The van der Waals surface area contributed by atoms with Gasteiger partial charge in [0.2, 0.25) is 0 Å². The minimum absolute atomic E-state index is 0.0114. The van der Waals surface area contributed by atoms with Gasteiger partial charge in [-0.3, -0.25) is 0 Å². The summed E-state index contributed by atoms with van der Waals surface area (Å²) >= 11 is 0. The summed E-state index contributed by atoms with van der Waals surface area (Å²) < 4.78 is 24.6. The van der Waals surface area contributed by atoms with Gasteiger partial charge in [-0.05, 0) is 11.6 Å². The topological polar surface area (TPSA) is 54.4 Å². The summed E-state index contributed by atoms with van der Waals surface area (Å²) in [6.07, 6.45) is -0.652. The second-order valence-corrected chi connectivity index (χ2v) is 7.48. The molecule has 0 bridgehead atoms. The van der Waals surface area contributed by atoms with Gasteiger partial charge in [-0.15, -0.1) is 0 Å². The normalized spacial score (nSPS) is 30.4. The summed E-state index contributed by atoms with van der Waals surface area (Å²) in [5, 5.41) is 10.3. The van der Waals surface area contributed by atoms with E-state index in [1.54, 1.807) is 32.0 Å². The maximum absolute atomic E-state index is 12.3. The van der Waals surface area contributed by atoms with E-state index < -0.39 is 21.4 Å². The summed E-state index contributed by atoms with van der Waals surface area (Å²) in [7, 11) is -3.31. The Morgan fingerprint density at radius 2 is 1.88 bits per heavy atom. The molecule has 2 atom stereocenters. The van der Waals surface area contributed by atoms with Crippen LogP contribution in [0.4, 0.5) is 0 Å². The van der Waals surface area contributed by atoms with Crippen LogP contribution < -0.4 is 0 Å². The van der Waals surface area contributed by atoms with Crippen molar-refractivity contribution in [3.05, 3.63) is 29.8 Å². The summed E-state index contributed by atoms with van der Waals surface area (Å²) in [6, 6.07) is 6.97. The Labute approximate surface area is 102 Å². The second-order valence-electron chi connectivity index (χ2n) is 5.52. The molecule has 0 saturated heterocycles. The van der Waals surface area contributed by atoms with Gasteiger partial charge in [0.1, 0.15) is 0 Å². The van der Waals surface area contributed by atoms with E-state index in [0.717, 1.165) is 5.56 Å². The van der Waals surface area contributed by atoms with Crippen LogP contribution in [0.15, 0.2) is 29.2 Å². The zero-order valence-electron chi connectivity index (χ0n) is 10.3. The number of sulfone groups is 1. The van der Waals surface area contributed by atoms with Crippen molar-refractivity contribution >= 4 is 9.84 Å². The lowest BCUT2D eigenvalue weighted by molar-refractivity contribution is 0.0465. The SMILES string of the molecule is CC1c2ccccc2S(=O)(=O)CC(C)(C)[C@@H]1O. The highest BCUT2D eigenvalue weighted by Crippen LogP contribution is 2.40. The van der Waals surface area contributed by atoms with E-state index in [9.17, 15) is 13.5 Å². The quantitative estimate of drug-likeness (QED) is 0.770. The van der Waals surface area contributed by atoms with Gasteiger partial charge in [0.15, 0.2) is 9.84 Å². The molecule has 1 heterocycles. The van der Waals surface area contributed by atoms with Crippen molar-refractivity contribution in [1.82, 2.24) is 0 Å². The van der Waals surface area contributed by atoms with Crippen molar-refractivity contribution in [2.45, 2.75) is 37.7 Å². The first kappa shape index (κ1) is 12.6. The maximum Gasteiger partial charge on any atom is 0.179 e. The molecule has 1 aliphatic rings. The molecule has 2 rings (SSSR count). The molecule has 1 unspecified atom stereocenters. The van der Waals surface area contributed by atoms with Crippen molar-refractivity contribution < 1.29 is 13.5 Å². The minimum Gasteiger partial charge on any atom is -0.392 e. The van der Waals surface area contributed by atoms with Gasteiger partial charge in [-0.25, -0.2) is 8.42 Å². The van der Waals surface area contributed by atoms with E-state index in [-0.39, 0.29) is 11.7 Å². The van der Waals surface area contributed by atoms with Gasteiger partial charge in [0.25, 0.3) is 0 Å². The zero-order valence-corrected chi connectivity index (χ0v) is 11.2. The molecule has 3 nitrogen and oxygen atoms in total. The highest BCUT2D eigenvalue weighted by atomic mass is 32.2. The van der Waals surface area contributed by atoms with Crippen LogP contribution in [0.5, 0.6) is 0 Å². The number of hydrogen-bond acceptors (Lipinski definition) is 3. The Bertz CT molecular complexity index is 531. The van der Waals surface area contributed by atoms with Crippen LogP contribution in [0.3, 0.4) is 0 Å². The molecule has 1 aliphatic heterocycles. The van der Waals surface area contributed by atoms with Gasteiger partial charge < -0.3 is 5.11 Å². The van der Waals surface area contributed by atoms with Crippen LogP contribution >= 0.6 is 0 Å². The Kier molecular flexibility index (Phi) is 2.83. The molecule has 1 aromatic rings. The van der Waals surface area contributed by atoms with Crippen LogP contribution in [0.25, 0.3) is 0 Å². The first-order valence-electron chi connectivity index (χ1n) is 5.75. The molecule has 0 fully saturated rings. The third-order valence-corrected chi connectivity index (χ3v) is 5.75. The van der Waals surface area contributed by atoms with Crippen molar-refractivity contribution in [2.24, 2.45) is 5.41 Å². The van der Waals surface area contributed by atoms with Gasteiger partial charge in [0.05, 0.1) is 16.8 Å². The van der Waals surface area contributed by atoms with Gasteiger partial charge in [0, 0.05) is 11.3 Å². The number of rotatable bonds is 0. The Morgan fingerprint density at radius 1 is 1.29 bits per heavy atom. The highest BCUT2D eigenvalue weighted by molar-refractivity contribution is 7.91. The molecule has 0 radical (unpaired) electrons. The summed E-state index contributed by atoms with van der Waals surface area (Å²) in [4.78, 5) is 0.372. The minimum atomic E-state index is -3.31. The number of aliphatic hydroxyl groups is 1. The van der Waals surface area contributed by atoms with Crippen LogP contribution in [0, 0.1) is 5.41 Å². The number of benzene rings is 1. The van der Waals surface area contributed by atoms with Crippen LogP contribution in [0.2, 0.25) is 0 Å². The smallest absolute Gasteiger partial charge is 0.179 e.